The maximum atomic E-state index is 12.2. The summed E-state index contributed by atoms with van der Waals surface area (Å²) in [7, 11) is 1.38. The number of carbonyl (C=O) groups excluding carboxylic acids is 2. The molecule has 1 fully saturated rings. The molecule has 0 aliphatic carbocycles. The fourth-order valence-electron chi connectivity index (χ4n) is 2.58. The normalized spacial score (nSPS) is 21.2. The van der Waals surface area contributed by atoms with Gasteiger partial charge in [0.05, 0.1) is 13.0 Å². The minimum absolute atomic E-state index is 0.00847. The van der Waals surface area contributed by atoms with Gasteiger partial charge in [-0.2, -0.15) is 0 Å². The molecule has 1 amide bonds. The van der Waals surface area contributed by atoms with E-state index in [1.165, 1.54) is 7.11 Å². The van der Waals surface area contributed by atoms with E-state index in [0.29, 0.717) is 18.8 Å². The summed E-state index contributed by atoms with van der Waals surface area (Å²) < 4.78 is 10.3. The summed E-state index contributed by atoms with van der Waals surface area (Å²) in [5, 5.41) is 0. The SMILES string of the molecule is COC(=O)C1CN(C(=O)COc2ccccc2C)CC1C. The molecule has 5 heteroatoms. The Bertz CT molecular complexity index is 529. The van der Waals surface area contributed by atoms with Crippen LogP contribution >= 0.6 is 0 Å². The van der Waals surface area contributed by atoms with Crippen molar-refractivity contribution in [3.8, 4) is 5.75 Å². The van der Waals surface area contributed by atoms with Gasteiger partial charge < -0.3 is 14.4 Å². The van der Waals surface area contributed by atoms with Gasteiger partial charge in [0, 0.05) is 13.1 Å². The third-order valence-electron chi connectivity index (χ3n) is 3.91. The zero-order chi connectivity index (χ0) is 15.4. The third-order valence-corrected chi connectivity index (χ3v) is 3.91. The number of para-hydroxylation sites is 1. The molecule has 0 N–H and O–H groups in total. The van der Waals surface area contributed by atoms with Gasteiger partial charge in [0.25, 0.3) is 5.91 Å². The zero-order valence-corrected chi connectivity index (χ0v) is 12.7. The van der Waals surface area contributed by atoms with Crippen LogP contribution in [0.5, 0.6) is 5.75 Å². The van der Waals surface area contributed by atoms with Crippen molar-refractivity contribution in [2.75, 3.05) is 26.8 Å². The van der Waals surface area contributed by atoms with E-state index in [1.54, 1.807) is 4.90 Å². The van der Waals surface area contributed by atoms with E-state index in [2.05, 4.69) is 0 Å². The molecule has 1 aliphatic rings. The highest BCUT2D eigenvalue weighted by Gasteiger charge is 2.37. The molecule has 2 atom stereocenters. The number of esters is 1. The summed E-state index contributed by atoms with van der Waals surface area (Å²) in [6.07, 6.45) is 0. The number of amides is 1. The van der Waals surface area contributed by atoms with Gasteiger partial charge in [-0.1, -0.05) is 25.1 Å². The second-order valence-electron chi connectivity index (χ2n) is 5.46. The van der Waals surface area contributed by atoms with Gasteiger partial charge in [-0.25, -0.2) is 0 Å². The van der Waals surface area contributed by atoms with Crippen LogP contribution in [0.2, 0.25) is 0 Å². The Hall–Kier alpha value is -2.04. The highest BCUT2D eigenvalue weighted by Crippen LogP contribution is 2.24. The lowest BCUT2D eigenvalue weighted by molar-refractivity contribution is -0.146. The van der Waals surface area contributed by atoms with Gasteiger partial charge in [-0.15, -0.1) is 0 Å². The Balaban J connectivity index is 1.90. The number of nitrogens with zero attached hydrogens (tertiary/aromatic N) is 1. The fourth-order valence-corrected chi connectivity index (χ4v) is 2.58. The van der Waals surface area contributed by atoms with E-state index in [-0.39, 0.29) is 30.3 Å². The van der Waals surface area contributed by atoms with Gasteiger partial charge >= 0.3 is 5.97 Å². The Kier molecular flexibility index (Phi) is 4.83. The quantitative estimate of drug-likeness (QED) is 0.791. The molecule has 1 aromatic carbocycles. The minimum Gasteiger partial charge on any atom is -0.484 e. The summed E-state index contributed by atoms with van der Waals surface area (Å²) in [6, 6.07) is 7.57. The molecular weight excluding hydrogens is 270 g/mol. The van der Waals surface area contributed by atoms with Crippen molar-refractivity contribution in [2.45, 2.75) is 13.8 Å². The molecule has 0 spiro atoms. The van der Waals surface area contributed by atoms with Crippen molar-refractivity contribution in [3.05, 3.63) is 29.8 Å². The number of carbonyl (C=O) groups is 2. The van der Waals surface area contributed by atoms with Crippen LogP contribution in [-0.2, 0) is 14.3 Å². The van der Waals surface area contributed by atoms with Crippen LogP contribution in [0.25, 0.3) is 0 Å². The maximum absolute atomic E-state index is 12.2. The van der Waals surface area contributed by atoms with Crippen LogP contribution in [0, 0.1) is 18.8 Å². The summed E-state index contributed by atoms with van der Waals surface area (Å²) in [6.45, 7) is 4.85. The smallest absolute Gasteiger partial charge is 0.310 e. The topological polar surface area (TPSA) is 55.8 Å². The van der Waals surface area contributed by atoms with Gasteiger partial charge in [-0.3, -0.25) is 9.59 Å². The number of rotatable bonds is 4. The second kappa shape index (κ2) is 6.61. The molecule has 5 nitrogen and oxygen atoms in total. The fraction of sp³-hybridized carbons (Fsp3) is 0.500. The lowest BCUT2D eigenvalue weighted by Crippen LogP contribution is -2.34. The van der Waals surface area contributed by atoms with Crippen molar-refractivity contribution in [1.29, 1.82) is 0 Å². The zero-order valence-electron chi connectivity index (χ0n) is 12.7. The molecule has 2 unspecified atom stereocenters. The minimum atomic E-state index is -0.252. The van der Waals surface area contributed by atoms with E-state index in [9.17, 15) is 9.59 Å². The van der Waals surface area contributed by atoms with Gasteiger partial charge in [0.15, 0.2) is 6.61 Å². The van der Waals surface area contributed by atoms with Crippen molar-refractivity contribution in [3.63, 3.8) is 0 Å². The van der Waals surface area contributed by atoms with Crippen molar-refractivity contribution < 1.29 is 19.1 Å². The van der Waals surface area contributed by atoms with Crippen LogP contribution in [0.4, 0.5) is 0 Å². The van der Waals surface area contributed by atoms with Crippen molar-refractivity contribution >= 4 is 11.9 Å². The van der Waals surface area contributed by atoms with Crippen LogP contribution in [0.1, 0.15) is 12.5 Å². The first-order chi connectivity index (χ1) is 10.0. The third kappa shape index (κ3) is 3.54. The molecule has 0 bridgehead atoms. The number of ether oxygens (including phenoxy) is 2. The molecule has 1 aromatic rings. The molecule has 21 heavy (non-hydrogen) atoms. The molecular formula is C16H21NO4. The molecule has 1 heterocycles. The predicted octanol–water partition coefficient (Wildman–Crippen LogP) is 1.64. The molecule has 0 radical (unpaired) electrons. The van der Waals surface area contributed by atoms with E-state index in [4.69, 9.17) is 9.47 Å². The first-order valence-electron chi connectivity index (χ1n) is 7.07. The van der Waals surface area contributed by atoms with E-state index in [1.807, 2.05) is 38.1 Å². The maximum Gasteiger partial charge on any atom is 0.310 e. The number of methoxy groups -OCH3 is 1. The summed E-state index contributed by atoms with van der Waals surface area (Å²) >= 11 is 0. The Morgan fingerprint density at radius 1 is 1.29 bits per heavy atom. The van der Waals surface area contributed by atoms with E-state index in [0.717, 1.165) is 5.56 Å². The Morgan fingerprint density at radius 2 is 2.00 bits per heavy atom. The van der Waals surface area contributed by atoms with Crippen LogP contribution in [0.3, 0.4) is 0 Å². The molecule has 2 rings (SSSR count). The Morgan fingerprint density at radius 3 is 2.67 bits per heavy atom. The molecule has 0 aromatic heterocycles. The highest BCUT2D eigenvalue weighted by atomic mass is 16.5. The molecule has 1 aliphatic heterocycles. The number of hydrogen-bond acceptors (Lipinski definition) is 4. The summed E-state index contributed by atoms with van der Waals surface area (Å²) in [4.78, 5) is 25.5. The predicted molar refractivity (Wildman–Crippen MR) is 77.9 cm³/mol. The first-order valence-corrected chi connectivity index (χ1v) is 7.07. The number of benzene rings is 1. The van der Waals surface area contributed by atoms with E-state index < -0.39 is 0 Å². The van der Waals surface area contributed by atoms with Gasteiger partial charge in [-0.05, 0) is 24.5 Å². The lowest BCUT2D eigenvalue weighted by Gasteiger charge is -2.17. The van der Waals surface area contributed by atoms with Crippen LogP contribution < -0.4 is 4.74 Å². The summed E-state index contributed by atoms with van der Waals surface area (Å²) in [5.41, 5.74) is 0.993. The molecule has 114 valence electrons. The lowest BCUT2D eigenvalue weighted by atomic mass is 9.99. The average Bonchev–Trinajstić information content (AvgIpc) is 2.87. The summed E-state index contributed by atoms with van der Waals surface area (Å²) in [5.74, 6) is 0.231. The average molecular weight is 291 g/mol. The van der Waals surface area contributed by atoms with Crippen molar-refractivity contribution in [2.24, 2.45) is 11.8 Å². The van der Waals surface area contributed by atoms with Crippen LogP contribution in [-0.4, -0.2) is 43.6 Å². The van der Waals surface area contributed by atoms with Crippen molar-refractivity contribution in [1.82, 2.24) is 4.90 Å². The van der Waals surface area contributed by atoms with Gasteiger partial charge in [0.2, 0.25) is 0 Å². The largest absolute Gasteiger partial charge is 0.484 e. The number of hydrogen-bond donors (Lipinski definition) is 0. The first kappa shape index (κ1) is 15.4. The highest BCUT2D eigenvalue weighted by molar-refractivity contribution is 5.80. The molecule has 1 saturated heterocycles. The standard InChI is InChI=1S/C16H21NO4/c1-11-6-4-5-7-14(11)21-10-15(18)17-8-12(2)13(9-17)16(19)20-3/h4-7,12-13H,8-10H2,1-3H3. The second-order valence-corrected chi connectivity index (χ2v) is 5.46. The number of aryl methyl sites for hydroxylation is 1. The van der Waals surface area contributed by atoms with E-state index >= 15 is 0 Å². The Labute approximate surface area is 124 Å². The van der Waals surface area contributed by atoms with Gasteiger partial charge in [0.1, 0.15) is 5.75 Å². The van der Waals surface area contributed by atoms with Crippen LogP contribution in [0.15, 0.2) is 24.3 Å². The monoisotopic (exact) mass is 291 g/mol. The number of likely N-dealkylation sites (tertiary alicyclic amines) is 1. The molecule has 0 saturated carbocycles.